The molecule has 0 unspecified atom stereocenters. The molecule has 0 fully saturated rings. The molecular weight excluding hydrogens is 350 g/mol. The van der Waals surface area contributed by atoms with Gasteiger partial charge in [0.15, 0.2) is 5.16 Å². The Balaban J connectivity index is 1.96. The highest BCUT2D eigenvalue weighted by Crippen LogP contribution is 2.23. The Kier molecular flexibility index (Phi) is 5.87. The molecule has 1 atom stereocenters. The summed E-state index contributed by atoms with van der Waals surface area (Å²) in [6, 6.07) is 7.55. The Bertz CT molecular complexity index is 597. The summed E-state index contributed by atoms with van der Waals surface area (Å²) >= 11 is 4.85. The van der Waals surface area contributed by atoms with Crippen LogP contribution in [0.15, 0.2) is 46.3 Å². The lowest BCUT2D eigenvalue weighted by atomic mass is 10.3. The van der Waals surface area contributed by atoms with Gasteiger partial charge >= 0.3 is 0 Å². The summed E-state index contributed by atoms with van der Waals surface area (Å²) < 4.78 is 3.07. The summed E-state index contributed by atoms with van der Waals surface area (Å²) in [7, 11) is 0. The number of imidazole rings is 1. The number of nitrogens with one attached hydrogen (secondary N) is 1. The number of aromatic nitrogens is 2. The van der Waals surface area contributed by atoms with Crippen molar-refractivity contribution in [2.45, 2.75) is 37.2 Å². The van der Waals surface area contributed by atoms with Crippen molar-refractivity contribution in [3.05, 3.63) is 41.1 Å². The molecule has 0 aliphatic heterocycles. The average molecular weight is 368 g/mol. The van der Waals surface area contributed by atoms with Gasteiger partial charge in [-0.15, -0.1) is 0 Å². The van der Waals surface area contributed by atoms with Crippen molar-refractivity contribution in [2.75, 3.05) is 5.32 Å². The van der Waals surface area contributed by atoms with Crippen molar-refractivity contribution in [1.29, 1.82) is 0 Å². The molecule has 2 aromatic rings. The van der Waals surface area contributed by atoms with Crippen molar-refractivity contribution in [3.63, 3.8) is 0 Å². The molecule has 4 nitrogen and oxygen atoms in total. The number of anilines is 1. The third-order valence-electron chi connectivity index (χ3n) is 2.90. The predicted octanol–water partition coefficient (Wildman–Crippen LogP) is 4.17. The van der Waals surface area contributed by atoms with Gasteiger partial charge in [-0.2, -0.15) is 0 Å². The van der Waals surface area contributed by atoms with Gasteiger partial charge < -0.3 is 9.88 Å². The Hall–Kier alpha value is -1.27. The summed E-state index contributed by atoms with van der Waals surface area (Å²) in [5.74, 6) is -0.0200. The SMILES string of the molecule is CCCn1ccnc1S[C@@H](C)C(=O)Nc1ccc(Br)cc1. The average Bonchev–Trinajstić information content (AvgIpc) is 2.89. The van der Waals surface area contributed by atoms with Gasteiger partial charge in [0.2, 0.25) is 5.91 Å². The number of hydrogen-bond donors (Lipinski definition) is 1. The monoisotopic (exact) mass is 367 g/mol. The first-order valence-electron chi connectivity index (χ1n) is 6.84. The number of rotatable bonds is 6. The quantitative estimate of drug-likeness (QED) is 0.779. The van der Waals surface area contributed by atoms with Crippen LogP contribution in [0.1, 0.15) is 20.3 Å². The highest BCUT2D eigenvalue weighted by atomic mass is 79.9. The minimum atomic E-state index is -0.202. The lowest BCUT2D eigenvalue weighted by molar-refractivity contribution is -0.115. The van der Waals surface area contributed by atoms with E-state index in [0.717, 1.165) is 28.3 Å². The molecule has 0 aliphatic rings. The first-order valence-corrected chi connectivity index (χ1v) is 8.51. The van der Waals surface area contributed by atoms with E-state index in [4.69, 9.17) is 0 Å². The molecule has 1 heterocycles. The van der Waals surface area contributed by atoms with Crippen LogP contribution in [0.4, 0.5) is 5.69 Å². The highest BCUT2D eigenvalue weighted by Gasteiger charge is 2.17. The molecule has 0 aliphatic carbocycles. The van der Waals surface area contributed by atoms with E-state index in [0.29, 0.717) is 0 Å². The number of halogens is 1. The number of carbonyl (C=O) groups is 1. The normalized spacial score (nSPS) is 12.1. The number of aryl methyl sites for hydroxylation is 1. The van der Waals surface area contributed by atoms with Gasteiger partial charge in [-0.05, 0) is 37.6 Å². The molecule has 0 saturated heterocycles. The Labute approximate surface area is 137 Å². The van der Waals surface area contributed by atoms with Crippen molar-refractivity contribution in [1.82, 2.24) is 9.55 Å². The summed E-state index contributed by atoms with van der Waals surface area (Å²) in [4.78, 5) is 16.5. The van der Waals surface area contributed by atoms with Crippen molar-refractivity contribution in [2.24, 2.45) is 0 Å². The van der Waals surface area contributed by atoms with Gasteiger partial charge in [0.05, 0.1) is 5.25 Å². The fourth-order valence-electron chi connectivity index (χ4n) is 1.81. The number of hydrogen-bond acceptors (Lipinski definition) is 3. The van der Waals surface area contributed by atoms with E-state index in [1.54, 1.807) is 6.20 Å². The van der Waals surface area contributed by atoms with Crippen molar-refractivity contribution < 1.29 is 4.79 Å². The Morgan fingerprint density at radius 1 is 1.43 bits per heavy atom. The van der Waals surface area contributed by atoms with Crippen LogP contribution >= 0.6 is 27.7 Å². The number of nitrogens with zero attached hydrogens (tertiary/aromatic N) is 2. The molecule has 0 radical (unpaired) electrons. The second-order valence-corrected chi connectivity index (χ2v) is 6.88. The van der Waals surface area contributed by atoms with Crippen LogP contribution in [-0.4, -0.2) is 20.7 Å². The molecule has 1 amide bonds. The van der Waals surface area contributed by atoms with Gasteiger partial charge in [0, 0.05) is 29.1 Å². The molecular formula is C15H18BrN3OS. The second kappa shape index (κ2) is 7.66. The van der Waals surface area contributed by atoms with Crippen LogP contribution < -0.4 is 5.32 Å². The number of amides is 1. The first-order chi connectivity index (χ1) is 10.1. The van der Waals surface area contributed by atoms with Crippen LogP contribution in [0.3, 0.4) is 0 Å². The van der Waals surface area contributed by atoms with E-state index in [9.17, 15) is 4.79 Å². The third-order valence-corrected chi connectivity index (χ3v) is 4.55. The smallest absolute Gasteiger partial charge is 0.237 e. The zero-order chi connectivity index (χ0) is 15.2. The fraction of sp³-hybridized carbons (Fsp3) is 0.333. The second-order valence-electron chi connectivity index (χ2n) is 4.66. The van der Waals surface area contributed by atoms with E-state index < -0.39 is 0 Å². The van der Waals surface area contributed by atoms with Gasteiger partial charge in [0.1, 0.15) is 0 Å². The maximum atomic E-state index is 12.2. The van der Waals surface area contributed by atoms with Crippen molar-refractivity contribution in [3.8, 4) is 0 Å². The van der Waals surface area contributed by atoms with Gasteiger partial charge in [-0.3, -0.25) is 4.79 Å². The maximum Gasteiger partial charge on any atom is 0.237 e. The lowest BCUT2D eigenvalue weighted by Gasteiger charge is -2.12. The fourth-order valence-corrected chi connectivity index (χ4v) is 2.97. The molecule has 112 valence electrons. The topological polar surface area (TPSA) is 46.9 Å². The number of carbonyl (C=O) groups excluding carboxylic acids is 1. The van der Waals surface area contributed by atoms with Crippen LogP contribution in [0, 0.1) is 0 Å². The van der Waals surface area contributed by atoms with Gasteiger partial charge in [0.25, 0.3) is 0 Å². The zero-order valence-corrected chi connectivity index (χ0v) is 14.4. The Morgan fingerprint density at radius 2 is 2.14 bits per heavy atom. The summed E-state index contributed by atoms with van der Waals surface area (Å²) in [6.07, 6.45) is 4.77. The van der Waals surface area contributed by atoms with Gasteiger partial charge in [-0.25, -0.2) is 4.98 Å². The van der Waals surface area contributed by atoms with Crippen LogP contribution in [0.5, 0.6) is 0 Å². The lowest BCUT2D eigenvalue weighted by Crippen LogP contribution is -2.22. The number of thioether (sulfide) groups is 1. The zero-order valence-electron chi connectivity index (χ0n) is 12.0. The van der Waals surface area contributed by atoms with Crippen LogP contribution in [0.25, 0.3) is 0 Å². The first kappa shape index (κ1) is 16.1. The minimum absolute atomic E-state index is 0.0200. The van der Waals surface area contributed by atoms with E-state index >= 15 is 0 Å². The Morgan fingerprint density at radius 3 is 2.81 bits per heavy atom. The summed E-state index contributed by atoms with van der Waals surface area (Å²) in [6.45, 7) is 4.94. The van der Waals surface area contributed by atoms with E-state index in [1.165, 1.54) is 11.8 Å². The molecule has 21 heavy (non-hydrogen) atoms. The maximum absolute atomic E-state index is 12.2. The van der Waals surface area contributed by atoms with E-state index in [-0.39, 0.29) is 11.2 Å². The molecule has 0 bridgehead atoms. The third kappa shape index (κ3) is 4.61. The summed E-state index contributed by atoms with van der Waals surface area (Å²) in [5, 5.41) is 3.60. The molecule has 0 spiro atoms. The van der Waals surface area contributed by atoms with Crippen molar-refractivity contribution >= 4 is 39.3 Å². The standard InChI is InChI=1S/C15H18BrN3OS/c1-3-9-19-10-8-17-15(19)21-11(2)14(20)18-13-6-4-12(16)5-7-13/h4-8,10-11H,3,9H2,1-2H3,(H,18,20)/t11-/m0/s1. The molecule has 1 aromatic heterocycles. The molecule has 2 rings (SSSR count). The molecule has 1 N–H and O–H groups in total. The van der Waals surface area contributed by atoms with E-state index in [1.807, 2.05) is 37.4 Å². The largest absolute Gasteiger partial charge is 0.326 e. The van der Waals surface area contributed by atoms with Crippen LogP contribution in [0.2, 0.25) is 0 Å². The van der Waals surface area contributed by atoms with Gasteiger partial charge in [-0.1, -0.05) is 34.6 Å². The highest BCUT2D eigenvalue weighted by molar-refractivity contribution is 9.10. The summed E-state index contributed by atoms with van der Waals surface area (Å²) in [5.41, 5.74) is 0.799. The van der Waals surface area contributed by atoms with Crippen LogP contribution in [-0.2, 0) is 11.3 Å². The predicted molar refractivity (Wildman–Crippen MR) is 90.6 cm³/mol. The van der Waals surface area contributed by atoms with E-state index in [2.05, 4.69) is 37.7 Å². The number of benzene rings is 1. The molecule has 0 saturated carbocycles. The minimum Gasteiger partial charge on any atom is -0.326 e. The molecule has 1 aromatic carbocycles. The molecule has 6 heteroatoms.